The molecule has 0 N–H and O–H groups in total. The van der Waals surface area contributed by atoms with Gasteiger partial charge in [-0.1, -0.05) is 13.8 Å². The molecule has 2 aromatic rings. The topological polar surface area (TPSA) is 61.2 Å². The number of esters is 1. The first-order valence-electron chi connectivity index (χ1n) is 6.96. The maximum atomic E-state index is 12.6. The van der Waals surface area contributed by atoms with E-state index in [1.165, 1.54) is 22.2 Å². The Labute approximate surface area is 127 Å². The predicted octanol–water partition coefficient (Wildman–Crippen LogP) is 2.84. The van der Waals surface area contributed by atoms with E-state index in [9.17, 15) is 9.59 Å². The number of carbonyl (C=O) groups excluding carboxylic acids is 1. The van der Waals surface area contributed by atoms with Crippen molar-refractivity contribution in [3.05, 3.63) is 27.1 Å². The van der Waals surface area contributed by atoms with Crippen molar-refractivity contribution in [2.45, 2.75) is 40.7 Å². The van der Waals surface area contributed by atoms with Gasteiger partial charge in [-0.05, 0) is 32.3 Å². The van der Waals surface area contributed by atoms with Crippen LogP contribution in [0.5, 0.6) is 0 Å². The molecule has 0 saturated heterocycles. The fourth-order valence-electron chi connectivity index (χ4n) is 2.01. The summed E-state index contributed by atoms with van der Waals surface area (Å²) in [6, 6.07) is -0.673. The van der Waals surface area contributed by atoms with Crippen molar-refractivity contribution in [2.24, 2.45) is 5.92 Å². The zero-order valence-electron chi connectivity index (χ0n) is 13.0. The van der Waals surface area contributed by atoms with Gasteiger partial charge in [0.15, 0.2) is 0 Å². The fraction of sp³-hybridized carbons (Fsp3) is 0.533. The molecule has 2 rings (SSSR count). The molecule has 6 heteroatoms. The molecular formula is C15H20N2O3S. The Morgan fingerprint density at radius 3 is 2.67 bits per heavy atom. The Hall–Kier alpha value is -1.69. The lowest BCUT2D eigenvalue weighted by Crippen LogP contribution is -2.30. The van der Waals surface area contributed by atoms with E-state index in [0.29, 0.717) is 16.8 Å². The van der Waals surface area contributed by atoms with E-state index in [4.69, 9.17) is 4.74 Å². The van der Waals surface area contributed by atoms with Gasteiger partial charge in [0.25, 0.3) is 5.56 Å². The number of aryl methyl sites for hydroxylation is 2. The second-order valence-corrected chi connectivity index (χ2v) is 6.82. The first kappa shape index (κ1) is 15.7. The maximum absolute atomic E-state index is 12.6. The third-order valence-corrected chi connectivity index (χ3v) is 4.55. The largest absolute Gasteiger partial charge is 0.464 e. The molecule has 0 spiro atoms. The number of thiophene rings is 1. The van der Waals surface area contributed by atoms with Crippen LogP contribution in [-0.2, 0) is 9.53 Å². The lowest BCUT2D eigenvalue weighted by atomic mass is 10.2. The van der Waals surface area contributed by atoms with Gasteiger partial charge >= 0.3 is 5.97 Å². The molecule has 114 valence electrons. The van der Waals surface area contributed by atoms with Gasteiger partial charge in [-0.3, -0.25) is 9.36 Å². The van der Waals surface area contributed by atoms with Crippen LogP contribution >= 0.6 is 11.3 Å². The molecule has 0 fully saturated rings. The van der Waals surface area contributed by atoms with E-state index in [0.717, 1.165) is 10.4 Å². The van der Waals surface area contributed by atoms with Gasteiger partial charge in [0, 0.05) is 4.88 Å². The Morgan fingerprint density at radius 1 is 1.38 bits per heavy atom. The van der Waals surface area contributed by atoms with Gasteiger partial charge in [-0.2, -0.15) is 0 Å². The second-order valence-electron chi connectivity index (χ2n) is 5.62. The summed E-state index contributed by atoms with van der Waals surface area (Å²) in [5.41, 5.74) is 0.750. The normalized spacial score (nSPS) is 12.9. The number of hydrogen-bond acceptors (Lipinski definition) is 5. The van der Waals surface area contributed by atoms with Gasteiger partial charge in [0.05, 0.1) is 18.3 Å². The highest BCUT2D eigenvalue weighted by Gasteiger charge is 2.21. The molecule has 0 aliphatic heterocycles. The molecule has 0 saturated carbocycles. The van der Waals surface area contributed by atoms with Crippen molar-refractivity contribution in [3.8, 4) is 0 Å². The summed E-state index contributed by atoms with van der Waals surface area (Å²) >= 11 is 1.50. The van der Waals surface area contributed by atoms with Crippen LogP contribution in [0.4, 0.5) is 0 Å². The van der Waals surface area contributed by atoms with Gasteiger partial charge in [0.2, 0.25) is 0 Å². The maximum Gasteiger partial charge on any atom is 0.329 e. The molecule has 2 aromatic heterocycles. The number of ether oxygens (including phenoxy) is 1. The van der Waals surface area contributed by atoms with E-state index in [-0.39, 0.29) is 11.5 Å². The number of aromatic nitrogens is 2. The van der Waals surface area contributed by atoms with Crippen molar-refractivity contribution >= 4 is 27.5 Å². The molecule has 5 nitrogen and oxygen atoms in total. The SMILES string of the molecule is Cc1sc2ncn([C@@H](C)C(=O)OCC(C)C)c(=O)c2c1C. The van der Waals surface area contributed by atoms with Crippen molar-refractivity contribution in [1.29, 1.82) is 0 Å². The summed E-state index contributed by atoms with van der Waals surface area (Å²) in [5, 5.41) is 0.600. The average Bonchev–Trinajstić information content (AvgIpc) is 2.72. The van der Waals surface area contributed by atoms with Crippen LogP contribution in [0.1, 0.15) is 37.3 Å². The first-order chi connectivity index (χ1) is 9.82. The number of nitrogens with zero attached hydrogens (tertiary/aromatic N) is 2. The predicted molar refractivity (Wildman–Crippen MR) is 83.9 cm³/mol. The molecule has 0 aromatic carbocycles. The van der Waals surface area contributed by atoms with Crippen molar-refractivity contribution < 1.29 is 9.53 Å². The third kappa shape index (κ3) is 3.00. The van der Waals surface area contributed by atoms with Crippen LogP contribution in [0.25, 0.3) is 10.2 Å². The van der Waals surface area contributed by atoms with Gasteiger partial charge in [0.1, 0.15) is 10.9 Å². The van der Waals surface area contributed by atoms with Gasteiger partial charge in [-0.15, -0.1) is 11.3 Å². The molecule has 0 aliphatic rings. The minimum absolute atomic E-state index is 0.184. The van der Waals surface area contributed by atoms with E-state index in [1.807, 2.05) is 27.7 Å². The lowest BCUT2D eigenvalue weighted by Gasteiger charge is -2.15. The summed E-state index contributed by atoms with van der Waals surface area (Å²) in [4.78, 5) is 30.7. The van der Waals surface area contributed by atoms with Crippen LogP contribution in [0, 0.1) is 19.8 Å². The van der Waals surface area contributed by atoms with Crippen molar-refractivity contribution in [1.82, 2.24) is 9.55 Å². The van der Waals surface area contributed by atoms with Gasteiger partial charge < -0.3 is 4.74 Å². The Bertz CT molecular complexity index is 730. The standard InChI is InChI=1S/C15H20N2O3S/c1-8(2)6-20-15(19)10(4)17-7-16-13-12(14(17)18)9(3)11(5)21-13/h7-8,10H,6H2,1-5H3/t10-/m0/s1. The highest BCUT2D eigenvalue weighted by molar-refractivity contribution is 7.18. The Morgan fingerprint density at radius 2 is 2.05 bits per heavy atom. The number of fused-ring (bicyclic) bond motifs is 1. The molecule has 0 unspecified atom stereocenters. The molecule has 1 atom stereocenters. The molecule has 0 amide bonds. The minimum Gasteiger partial charge on any atom is -0.464 e. The third-order valence-electron chi connectivity index (χ3n) is 3.43. The van der Waals surface area contributed by atoms with Gasteiger partial charge in [-0.25, -0.2) is 9.78 Å². The molecule has 0 radical (unpaired) electrons. The first-order valence-corrected chi connectivity index (χ1v) is 7.78. The summed E-state index contributed by atoms with van der Waals surface area (Å²) in [6.07, 6.45) is 1.43. The number of rotatable bonds is 4. The lowest BCUT2D eigenvalue weighted by molar-refractivity contribution is -0.148. The van der Waals surface area contributed by atoms with E-state index >= 15 is 0 Å². The zero-order chi connectivity index (χ0) is 15.7. The Balaban J connectivity index is 2.38. The van der Waals surface area contributed by atoms with E-state index in [1.54, 1.807) is 6.92 Å². The highest BCUT2D eigenvalue weighted by Crippen LogP contribution is 2.25. The van der Waals surface area contributed by atoms with Crippen molar-refractivity contribution in [3.63, 3.8) is 0 Å². The second kappa shape index (κ2) is 5.97. The highest BCUT2D eigenvalue weighted by atomic mass is 32.1. The fourth-order valence-corrected chi connectivity index (χ4v) is 2.99. The van der Waals surface area contributed by atoms with E-state index < -0.39 is 12.0 Å². The smallest absolute Gasteiger partial charge is 0.329 e. The molecular weight excluding hydrogens is 288 g/mol. The van der Waals surface area contributed by atoms with Crippen LogP contribution in [-0.4, -0.2) is 22.1 Å². The monoisotopic (exact) mass is 308 g/mol. The van der Waals surface area contributed by atoms with Crippen LogP contribution in [0.3, 0.4) is 0 Å². The summed E-state index contributed by atoms with van der Waals surface area (Å²) in [6.45, 7) is 9.82. The molecule has 21 heavy (non-hydrogen) atoms. The Kier molecular flexibility index (Phi) is 4.46. The number of carbonyl (C=O) groups is 1. The average molecular weight is 308 g/mol. The molecule has 0 aliphatic carbocycles. The molecule has 0 bridgehead atoms. The van der Waals surface area contributed by atoms with Crippen LogP contribution in [0.2, 0.25) is 0 Å². The number of hydrogen-bond donors (Lipinski definition) is 0. The molecule has 2 heterocycles. The minimum atomic E-state index is -0.673. The summed E-state index contributed by atoms with van der Waals surface area (Å²) in [5.74, 6) is -0.142. The quantitative estimate of drug-likeness (QED) is 0.815. The van der Waals surface area contributed by atoms with Crippen molar-refractivity contribution in [2.75, 3.05) is 6.61 Å². The van der Waals surface area contributed by atoms with E-state index in [2.05, 4.69) is 4.98 Å². The zero-order valence-corrected chi connectivity index (χ0v) is 13.8. The summed E-state index contributed by atoms with van der Waals surface area (Å²) < 4.78 is 6.55. The summed E-state index contributed by atoms with van der Waals surface area (Å²) in [7, 11) is 0. The van der Waals surface area contributed by atoms with Crippen LogP contribution in [0.15, 0.2) is 11.1 Å². The van der Waals surface area contributed by atoms with Crippen LogP contribution < -0.4 is 5.56 Å².